The van der Waals surface area contributed by atoms with Gasteiger partial charge in [-0.2, -0.15) is 19.9 Å². The summed E-state index contributed by atoms with van der Waals surface area (Å²) >= 11 is 0. The van der Waals surface area contributed by atoms with Crippen molar-refractivity contribution in [1.29, 1.82) is 0 Å². The molecule has 2 aromatic heterocycles. The molecule has 0 aliphatic heterocycles. The highest BCUT2D eigenvalue weighted by atomic mass is 32.2. The van der Waals surface area contributed by atoms with Crippen molar-refractivity contribution in [2.75, 3.05) is 12.4 Å². The normalized spacial score (nSPS) is 11.4. The third-order valence-electron chi connectivity index (χ3n) is 4.44. The number of aromatic nitrogens is 5. The minimum Gasteiger partial charge on any atom is -0.468 e. The quantitative estimate of drug-likeness (QED) is 0.360. The van der Waals surface area contributed by atoms with Crippen molar-refractivity contribution in [3.05, 3.63) is 59.9 Å². The average molecular weight is 454 g/mol. The van der Waals surface area contributed by atoms with E-state index in [0.717, 1.165) is 5.56 Å². The summed E-state index contributed by atoms with van der Waals surface area (Å²) in [5.41, 5.74) is 6.72. The van der Waals surface area contributed by atoms with Gasteiger partial charge in [0, 0.05) is 6.54 Å². The molecule has 164 valence electrons. The first-order valence-electron chi connectivity index (χ1n) is 9.20. The van der Waals surface area contributed by atoms with E-state index in [9.17, 15) is 13.2 Å². The summed E-state index contributed by atoms with van der Waals surface area (Å²) in [6.07, 6.45) is 0. The van der Waals surface area contributed by atoms with Crippen LogP contribution in [-0.4, -0.2) is 45.9 Å². The van der Waals surface area contributed by atoms with Crippen molar-refractivity contribution in [3.8, 4) is 12.0 Å². The highest BCUT2D eigenvalue weighted by Crippen LogP contribution is 2.28. The number of rotatable bonds is 7. The van der Waals surface area contributed by atoms with Gasteiger partial charge >= 0.3 is 6.01 Å². The topological polar surface area (TPSA) is 181 Å². The second-order valence-electron chi connectivity index (χ2n) is 6.59. The number of primary sulfonamides is 1. The molecular weight excluding hydrogens is 436 g/mol. The Morgan fingerprint density at radius 1 is 1.06 bits per heavy atom. The van der Waals surface area contributed by atoms with Crippen molar-refractivity contribution in [2.24, 2.45) is 10.9 Å². The van der Waals surface area contributed by atoms with Gasteiger partial charge < -0.3 is 15.8 Å². The third-order valence-corrected chi connectivity index (χ3v) is 5.39. The van der Waals surface area contributed by atoms with Gasteiger partial charge in [0.05, 0.1) is 12.6 Å². The van der Waals surface area contributed by atoms with Gasteiger partial charge in [-0.15, -0.1) is 0 Å². The second-order valence-corrected chi connectivity index (χ2v) is 8.12. The fourth-order valence-corrected chi connectivity index (χ4v) is 3.73. The summed E-state index contributed by atoms with van der Waals surface area (Å²) in [6, 6.07) is 13.9. The predicted octanol–water partition coefficient (Wildman–Crippen LogP) is 0.578. The molecule has 13 heteroatoms. The summed E-state index contributed by atoms with van der Waals surface area (Å²) in [5.74, 6) is -1.13. The Labute approximate surface area is 182 Å². The number of imidazole rings is 1. The molecule has 12 nitrogen and oxygen atoms in total. The summed E-state index contributed by atoms with van der Waals surface area (Å²) in [5, 5.41) is 8.33. The zero-order valence-corrected chi connectivity index (χ0v) is 17.6. The molecule has 0 spiro atoms. The molecule has 4 aromatic rings. The minimum atomic E-state index is -4.06. The van der Waals surface area contributed by atoms with Crippen LogP contribution in [0.4, 0.5) is 5.95 Å². The van der Waals surface area contributed by atoms with Gasteiger partial charge in [0.1, 0.15) is 10.4 Å². The Kier molecular flexibility index (Phi) is 5.42. The zero-order valence-electron chi connectivity index (χ0n) is 16.8. The lowest BCUT2D eigenvalue weighted by Gasteiger charge is -2.10. The fourth-order valence-electron chi connectivity index (χ4n) is 3.04. The summed E-state index contributed by atoms with van der Waals surface area (Å²) in [7, 11) is -2.72. The van der Waals surface area contributed by atoms with E-state index in [1.54, 1.807) is 6.07 Å². The largest absolute Gasteiger partial charge is 0.468 e. The van der Waals surface area contributed by atoms with Gasteiger partial charge in [0.25, 0.3) is 5.91 Å². The Hall–Kier alpha value is -4.10. The maximum atomic E-state index is 12.0. The number of nitrogens with one attached hydrogen (secondary N) is 1. The fraction of sp³-hybridized carbons (Fsp3) is 0.105. The van der Waals surface area contributed by atoms with E-state index in [-0.39, 0.29) is 34.1 Å². The average Bonchev–Trinajstić information content (AvgIpc) is 3.16. The van der Waals surface area contributed by atoms with Gasteiger partial charge in [-0.1, -0.05) is 36.4 Å². The molecule has 4 rings (SSSR count). The molecule has 0 bridgehead atoms. The molecule has 32 heavy (non-hydrogen) atoms. The summed E-state index contributed by atoms with van der Waals surface area (Å²) in [4.78, 5) is 28.4. The Morgan fingerprint density at radius 2 is 1.81 bits per heavy atom. The first-order valence-corrected chi connectivity index (χ1v) is 10.7. The zero-order chi connectivity index (χ0) is 22.9. The number of amides is 1. The molecule has 0 saturated carbocycles. The van der Waals surface area contributed by atoms with Crippen LogP contribution in [0.3, 0.4) is 0 Å². The number of carbonyl (C=O) groups excluding carboxylic acids is 1. The highest BCUT2D eigenvalue weighted by Gasteiger charge is 2.23. The molecule has 0 atom stereocenters. The molecule has 2 heterocycles. The number of nitrogens with two attached hydrogens (primary N) is 2. The van der Waals surface area contributed by atoms with E-state index >= 15 is 0 Å². The molecule has 0 radical (unpaired) electrons. The lowest BCUT2D eigenvalue weighted by Crippen LogP contribution is -2.20. The molecule has 1 amide bonds. The van der Waals surface area contributed by atoms with E-state index in [1.165, 1.54) is 23.8 Å². The number of hydrogen-bond donors (Lipinski definition) is 3. The van der Waals surface area contributed by atoms with Gasteiger partial charge in [-0.3, -0.25) is 4.79 Å². The lowest BCUT2D eigenvalue weighted by atomic mass is 10.2. The first-order chi connectivity index (χ1) is 15.3. The molecular formula is C19H18N8O4S. The number of nitrogens with zero attached hydrogens (tertiary/aromatic N) is 5. The minimum absolute atomic E-state index is 0.0215. The molecule has 0 saturated heterocycles. The van der Waals surface area contributed by atoms with E-state index < -0.39 is 15.9 Å². The smallest absolute Gasteiger partial charge is 0.304 e. The van der Waals surface area contributed by atoms with Crippen LogP contribution in [0.1, 0.15) is 16.2 Å². The van der Waals surface area contributed by atoms with Crippen LogP contribution in [0.2, 0.25) is 0 Å². The number of carbonyl (C=O) groups is 1. The molecule has 0 aliphatic carbocycles. The van der Waals surface area contributed by atoms with Crippen LogP contribution in [0.25, 0.3) is 17.0 Å². The Bertz CT molecular complexity index is 1420. The summed E-state index contributed by atoms with van der Waals surface area (Å²) < 4.78 is 30.6. The van der Waals surface area contributed by atoms with E-state index in [4.69, 9.17) is 15.6 Å². The molecule has 0 aliphatic rings. The third kappa shape index (κ3) is 4.06. The predicted molar refractivity (Wildman–Crippen MR) is 115 cm³/mol. The number of para-hydroxylation sites is 1. The maximum absolute atomic E-state index is 12.0. The number of benzene rings is 2. The van der Waals surface area contributed by atoms with Gasteiger partial charge in [-0.25, -0.2) is 18.1 Å². The number of ether oxygens (including phenoxy) is 1. The lowest BCUT2D eigenvalue weighted by molar-refractivity contribution is 0.0990. The molecule has 0 fully saturated rings. The Balaban J connectivity index is 1.87. The first kappa shape index (κ1) is 21.1. The van der Waals surface area contributed by atoms with Crippen LogP contribution < -0.4 is 20.9 Å². The molecule has 0 unspecified atom stereocenters. The molecule has 2 aromatic carbocycles. The number of hydrogen-bond acceptors (Lipinski definition) is 9. The molecule has 5 N–H and O–H groups in total. The van der Waals surface area contributed by atoms with Crippen molar-refractivity contribution < 1.29 is 17.9 Å². The van der Waals surface area contributed by atoms with E-state index in [2.05, 4.69) is 25.3 Å². The Morgan fingerprint density at radius 3 is 2.47 bits per heavy atom. The second kappa shape index (κ2) is 8.20. The van der Waals surface area contributed by atoms with E-state index in [1.807, 2.05) is 30.3 Å². The number of methoxy groups -OCH3 is 1. The number of anilines is 1. The SMILES string of the molecule is COc1nc2c(S(N)(=O)=O)cccc2n1-c1nc(NCc2ccccc2)nc(C(N)=O)n1. The number of primary amides is 1. The maximum Gasteiger partial charge on any atom is 0.304 e. The van der Waals surface area contributed by atoms with E-state index in [0.29, 0.717) is 12.1 Å². The van der Waals surface area contributed by atoms with Crippen molar-refractivity contribution in [2.45, 2.75) is 11.4 Å². The summed E-state index contributed by atoms with van der Waals surface area (Å²) in [6.45, 7) is 0.375. The van der Waals surface area contributed by atoms with Crippen molar-refractivity contribution >= 4 is 32.9 Å². The monoisotopic (exact) mass is 454 g/mol. The van der Waals surface area contributed by atoms with Crippen molar-refractivity contribution in [1.82, 2.24) is 24.5 Å². The number of fused-ring (bicyclic) bond motifs is 1. The van der Waals surface area contributed by atoms with Gasteiger partial charge in [0.2, 0.25) is 27.7 Å². The van der Waals surface area contributed by atoms with Gasteiger partial charge in [0.15, 0.2) is 0 Å². The van der Waals surface area contributed by atoms with Crippen LogP contribution in [0.5, 0.6) is 6.01 Å². The van der Waals surface area contributed by atoms with Crippen LogP contribution in [0, 0.1) is 0 Å². The number of sulfonamides is 1. The standard InChI is InChI=1S/C19H18N8O4S/c1-31-19-23-14-12(8-5-9-13(14)32(21,29)30)27(19)18-25-16(15(20)28)24-17(26-18)22-10-11-6-3-2-4-7-11/h2-9H,10H2,1H3,(H2,20,28)(H2,21,29,30)(H,22,24,25,26). The van der Waals surface area contributed by atoms with Crippen LogP contribution in [-0.2, 0) is 16.6 Å². The van der Waals surface area contributed by atoms with Crippen LogP contribution >= 0.6 is 0 Å². The van der Waals surface area contributed by atoms with Crippen molar-refractivity contribution in [3.63, 3.8) is 0 Å². The van der Waals surface area contributed by atoms with Gasteiger partial charge in [-0.05, 0) is 17.7 Å². The highest BCUT2D eigenvalue weighted by molar-refractivity contribution is 7.89. The van der Waals surface area contributed by atoms with Crippen LogP contribution in [0.15, 0.2) is 53.4 Å².